The molecule has 0 rings (SSSR count). The van der Waals surface area contributed by atoms with E-state index < -0.39 is 17.9 Å². The highest BCUT2D eigenvalue weighted by molar-refractivity contribution is 4.87. The van der Waals surface area contributed by atoms with E-state index in [2.05, 4.69) is 0 Å². The zero-order valence-electron chi connectivity index (χ0n) is 8.98. The van der Waals surface area contributed by atoms with Crippen LogP contribution in [0.5, 0.6) is 0 Å². The zero-order valence-corrected chi connectivity index (χ0v) is 8.98. The first-order chi connectivity index (χ1) is 5.79. The first-order valence-electron chi connectivity index (χ1n) is 4.87. The third kappa shape index (κ3) is 4.55. The Bertz CT molecular complexity index is 142. The van der Waals surface area contributed by atoms with Crippen LogP contribution >= 0.6 is 0 Å². The van der Waals surface area contributed by atoms with Crippen molar-refractivity contribution in [1.29, 1.82) is 0 Å². The second-order valence-corrected chi connectivity index (χ2v) is 4.36. The number of halogens is 2. The summed E-state index contributed by atoms with van der Waals surface area (Å²) in [6.45, 7) is 6.58. The lowest BCUT2D eigenvalue weighted by Gasteiger charge is -2.27. The highest BCUT2D eigenvalue weighted by Crippen LogP contribution is 2.22. The van der Waals surface area contributed by atoms with Crippen LogP contribution in [0.2, 0.25) is 0 Å². The average molecular weight is 193 g/mol. The standard InChI is InChI=1S/C10H21F2N/c1-5-7(2)6-8(11)9(13)10(3,4)12/h7-9H,5-6,13H2,1-4H3/t7-,8?,9?/m1/s1. The molecule has 0 bridgehead atoms. The van der Waals surface area contributed by atoms with Crippen molar-refractivity contribution in [2.24, 2.45) is 11.7 Å². The third-order valence-electron chi connectivity index (χ3n) is 2.51. The second kappa shape index (κ2) is 4.89. The lowest BCUT2D eigenvalue weighted by molar-refractivity contribution is 0.0982. The Morgan fingerprint density at radius 1 is 1.38 bits per heavy atom. The van der Waals surface area contributed by atoms with Gasteiger partial charge in [-0.05, 0) is 26.2 Å². The minimum absolute atomic E-state index is 0.267. The molecule has 0 saturated carbocycles. The topological polar surface area (TPSA) is 26.0 Å². The second-order valence-electron chi connectivity index (χ2n) is 4.36. The molecule has 80 valence electrons. The lowest BCUT2D eigenvalue weighted by atomic mass is 9.91. The fourth-order valence-electron chi connectivity index (χ4n) is 1.13. The van der Waals surface area contributed by atoms with E-state index in [1.165, 1.54) is 13.8 Å². The van der Waals surface area contributed by atoms with Crippen LogP contribution in [0.15, 0.2) is 0 Å². The molecule has 0 saturated heterocycles. The van der Waals surface area contributed by atoms with Gasteiger partial charge in [0, 0.05) is 0 Å². The van der Waals surface area contributed by atoms with Gasteiger partial charge in [-0.1, -0.05) is 20.3 Å². The van der Waals surface area contributed by atoms with E-state index >= 15 is 0 Å². The van der Waals surface area contributed by atoms with Crippen LogP contribution in [0.1, 0.15) is 40.5 Å². The van der Waals surface area contributed by atoms with Gasteiger partial charge in [0.25, 0.3) is 0 Å². The van der Waals surface area contributed by atoms with Crippen LogP contribution in [0.4, 0.5) is 8.78 Å². The van der Waals surface area contributed by atoms with Gasteiger partial charge in [-0.2, -0.15) is 0 Å². The van der Waals surface area contributed by atoms with Gasteiger partial charge in [0.05, 0.1) is 6.04 Å². The summed E-state index contributed by atoms with van der Waals surface area (Å²) < 4.78 is 26.6. The molecular formula is C10H21F2N. The van der Waals surface area contributed by atoms with Crippen molar-refractivity contribution in [3.63, 3.8) is 0 Å². The molecule has 0 spiro atoms. The van der Waals surface area contributed by atoms with E-state index in [4.69, 9.17) is 5.73 Å². The molecule has 0 fully saturated rings. The molecule has 0 amide bonds. The van der Waals surface area contributed by atoms with Crippen molar-refractivity contribution in [3.8, 4) is 0 Å². The number of nitrogens with two attached hydrogens (primary N) is 1. The van der Waals surface area contributed by atoms with E-state index in [0.717, 1.165) is 6.42 Å². The Labute approximate surface area is 79.7 Å². The van der Waals surface area contributed by atoms with Gasteiger partial charge in [0.15, 0.2) is 0 Å². The van der Waals surface area contributed by atoms with E-state index in [-0.39, 0.29) is 5.92 Å². The molecule has 0 aromatic rings. The van der Waals surface area contributed by atoms with Gasteiger partial charge in [0.2, 0.25) is 0 Å². The molecule has 3 atom stereocenters. The van der Waals surface area contributed by atoms with Gasteiger partial charge in [-0.15, -0.1) is 0 Å². The van der Waals surface area contributed by atoms with E-state index in [1.807, 2.05) is 13.8 Å². The summed E-state index contributed by atoms with van der Waals surface area (Å²) in [6.07, 6.45) is 0.0140. The van der Waals surface area contributed by atoms with Gasteiger partial charge in [-0.3, -0.25) is 0 Å². The Balaban J connectivity index is 4.03. The molecule has 0 radical (unpaired) electrons. The molecule has 13 heavy (non-hydrogen) atoms. The monoisotopic (exact) mass is 193 g/mol. The van der Waals surface area contributed by atoms with Gasteiger partial charge in [-0.25, -0.2) is 8.78 Å². The third-order valence-corrected chi connectivity index (χ3v) is 2.51. The summed E-state index contributed by atoms with van der Waals surface area (Å²) >= 11 is 0. The first-order valence-corrected chi connectivity index (χ1v) is 4.87. The average Bonchev–Trinajstić information content (AvgIpc) is 2.01. The first kappa shape index (κ1) is 12.8. The maximum absolute atomic E-state index is 13.4. The molecule has 0 aliphatic carbocycles. The molecule has 2 unspecified atom stereocenters. The normalized spacial score (nSPS) is 19.6. The molecule has 0 aliphatic heterocycles. The molecule has 0 heterocycles. The van der Waals surface area contributed by atoms with E-state index in [0.29, 0.717) is 6.42 Å². The highest BCUT2D eigenvalue weighted by Gasteiger charge is 2.33. The summed E-state index contributed by atoms with van der Waals surface area (Å²) in [6, 6.07) is -1.01. The maximum atomic E-state index is 13.4. The number of hydrogen-bond acceptors (Lipinski definition) is 1. The summed E-state index contributed by atoms with van der Waals surface area (Å²) in [5.74, 6) is 0.267. The number of alkyl halides is 2. The molecule has 0 aliphatic rings. The van der Waals surface area contributed by atoms with Crippen LogP contribution in [-0.4, -0.2) is 17.9 Å². The Hall–Kier alpha value is -0.180. The minimum atomic E-state index is -1.63. The predicted molar refractivity (Wildman–Crippen MR) is 52.1 cm³/mol. The van der Waals surface area contributed by atoms with Crippen LogP contribution in [-0.2, 0) is 0 Å². The van der Waals surface area contributed by atoms with E-state index in [9.17, 15) is 8.78 Å². The molecule has 3 heteroatoms. The van der Waals surface area contributed by atoms with Crippen molar-refractivity contribution in [2.75, 3.05) is 0 Å². The summed E-state index contributed by atoms with van der Waals surface area (Å²) in [5, 5.41) is 0. The Kier molecular flexibility index (Phi) is 4.82. The Morgan fingerprint density at radius 3 is 2.15 bits per heavy atom. The van der Waals surface area contributed by atoms with Gasteiger partial charge in [0.1, 0.15) is 11.8 Å². The largest absolute Gasteiger partial charge is 0.323 e. The van der Waals surface area contributed by atoms with Crippen molar-refractivity contribution >= 4 is 0 Å². The Morgan fingerprint density at radius 2 is 1.85 bits per heavy atom. The summed E-state index contributed by atoms with van der Waals surface area (Å²) in [5.41, 5.74) is 3.82. The highest BCUT2D eigenvalue weighted by atomic mass is 19.2. The van der Waals surface area contributed by atoms with Gasteiger partial charge < -0.3 is 5.73 Å². The number of hydrogen-bond donors (Lipinski definition) is 1. The van der Waals surface area contributed by atoms with Crippen LogP contribution in [0.25, 0.3) is 0 Å². The molecular weight excluding hydrogens is 172 g/mol. The minimum Gasteiger partial charge on any atom is -0.323 e. The van der Waals surface area contributed by atoms with Crippen molar-refractivity contribution in [2.45, 2.75) is 58.4 Å². The molecule has 0 aromatic heterocycles. The van der Waals surface area contributed by atoms with Gasteiger partial charge >= 0.3 is 0 Å². The summed E-state index contributed by atoms with van der Waals surface area (Å²) in [4.78, 5) is 0. The smallest absolute Gasteiger partial charge is 0.123 e. The molecule has 2 N–H and O–H groups in total. The van der Waals surface area contributed by atoms with Crippen LogP contribution in [0, 0.1) is 5.92 Å². The van der Waals surface area contributed by atoms with Crippen LogP contribution in [0.3, 0.4) is 0 Å². The fourth-order valence-corrected chi connectivity index (χ4v) is 1.13. The van der Waals surface area contributed by atoms with E-state index in [1.54, 1.807) is 0 Å². The summed E-state index contributed by atoms with van der Waals surface area (Å²) in [7, 11) is 0. The maximum Gasteiger partial charge on any atom is 0.123 e. The van der Waals surface area contributed by atoms with Crippen molar-refractivity contribution in [3.05, 3.63) is 0 Å². The quantitative estimate of drug-likeness (QED) is 0.714. The molecule has 1 nitrogen and oxygen atoms in total. The fraction of sp³-hybridized carbons (Fsp3) is 1.00. The lowest BCUT2D eigenvalue weighted by Crippen LogP contribution is -2.47. The van der Waals surface area contributed by atoms with Crippen molar-refractivity contribution < 1.29 is 8.78 Å². The molecule has 0 aromatic carbocycles. The predicted octanol–water partition coefficient (Wildman–Crippen LogP) is 2.84. The number of rotatable bonds is 5. The zero-order chi connectivity index (χ0) is 10.6. The SMILES string of the molecule is CC[C@@H](C)CC(F)C(N)C(C)(C)F. The van der Waals surface area contributed by atoms with Crippen molar-refractivity contribution in [1.82, 2.24) is 0 Å². The van der Waals surface area contributed by atoms with Crippen LogP contribution < -0.4 is 5.73 Å².